The summed E-state index contributed by atoms with van der Waals surface area (Å²) in [5.74, 6) is -0.487. The first kappa shape index (κ1) is 18.7. The number of aryl methyl sites for hydroxylation is 1. The van der Waals surface area contributed by atoms with Gasteiger partial charge in [-0.15, -0.1) is 0 Å². The summed E-state index contributed by atoms with van der Waals surface area (Å²) in [5, 5.41) is 3.09. The fourth-order valence-electron chi connectivity index (χ4n) is 2.99. The minimum atomic E-state index is -2.54. The van der Waals surface area contributed by atoms with Gasteiger partial charge in [0.1, 0.15) is 0 Å². The van der Waals surface area contributed by atoms with Crippen LogP contribution in [0.5, 0.6) is 0 Å². The third kappa shape index (κ3) is 3.29. The van der Waals surface area contributed by atoms with Crippen LogP contribution in [0.25, 0.3) is 10.4 Å². The lowest BCUT2D eigenvalue weighted by molar-refractivity contribution is -0.114. The Hall–Kier alpha value is -2.10. The molecule has 3 rings (SSSR count). The van der Waals surface area contributed by atoms with E-state index in [2.05, 4.69) is 10.3 Å². The minimum Gasteiger partial charge on any atom is -0.768 e. The second kappa shape index (κ2) is 6.90. The van der Waals surface area contributed by atoms with Crippen molar-refractivity contribution < 1.29 is 18.4 Å². The quantitative estimate of drug-likeness (QED) is 0.806. The normalized spacial score (nSPS) is 14.7. The number of nitrogens with zero attached hydrogens (tertiary/aromatic N) is 2. The Balaban J connectivity index is 2.12. The summed E-state index contributed by atoms with van der Waals surface area (Å²) in [6, 6.07) is 3.31. The van der Waals surface area contributed by atoms with E-state index in [1.54, 1.807) is 11.8 Å². The van der Waals surface area contributed by atoms with E-state index < -0.39 is 11.1 Å². The Morgan fingerprint density at radius 1 is 1.42 bits per heavy atom. The van der Waals surface area contributed by atoms with E-state index in [9.17, 15) is 18.4 Å². The Bertz CT molecular complexity index is 936. The SMILES string of the molecule is CC(=O)Nc1nc(C)c(-c2cc3c(c(S(=O)[O-])c2)C(=O)N(C(C)C)C3)s1. The van der Waals surface area contributed by atoms with Gasteiger partial charge in [-0.3, -0.25) is 13.8 Å². The first-order valence-electron chi connectivity index (χ1n) is 8.01. The van der Waals surface area contributed by atoms with Crippen LogP contribution in [0, 0.1) is 6.92 Å². The third-order valence-electron chi connectivity index (χ3n) is 4.14. The van der Waals surface area contributed by atoms with E-state index in [1.165, 1.54) is 24.3 Å². The molecule has 2 heterocycles. The lowest BCUT2D eigenvalue weighted by atomic mass is 10.0. The van der Waals surface area contributed by atoms with E-state index in [1.807, 2.05) is 19.9 Å². The summed E-state index contributed by atoms with van der Waals surface area (Å²) in [5.41, 5.74) is 2.30. The molecule has 26 heavy (non-hydrogen) atoms. The van der Waals surface area contributed by atoms with Crippen LogP contribution in [0.2, 0.25) is 0 Å². The second-order valence-electron chi connectivity index (χ2n) is 6.38. The maximum Gasteiger partial charge on any atom is 0.255 e. The van der Waals surface area contributed by atoms with Crippen LogP contribution in [0.3, 0.4) is 0 Å². The van der Waals surface area contributed by atoms with Gasteiger partial charge in [-0.2, -0.15) is 0 Å². The summed E-state index contributed by atoms with van der Waals surface area (Å²) in [4.78, 5) is 30.5. The van der Waals surface area contributed by atoms with Gasteiger partial charge in [0, 0.05) is 24.4 Å². The number of rotatable bonds is 4. The number of fused-ring (bicyclic) bond motifs is 1. The molecule has 7 nitrogen and oxygen atoms in total. The van der Waals surface area contributed by atoms with Gasteiger partial charge in [0.2, 0.25) is 5.91 Å². The molecule has 2 amide bonds. The molecule has 0 fully saturated rings. The first-order chi connectivity index (χ1) is 12.2. The van der Waals surface area contributed by atoms with Gasteiger partial charge in [0.05, 0.1) is 16.1 Å². The standard InChI is InChI=1S/C17H19N3O4S2/c1-8(2)20-7-12-5-11(6-13(26(23)24)14(12)16(20)22)15-9(3)18-17(25-15)19-10(4)21/h5-6,8H,7H2,1-4H3,(H,23,24)(H,18,19,21)/p-1. The molecule has 0 saturated heterocycles. The molecule has 9 heteroatoms. The van der Waals surface area contributed by atoms with Gasteiger partial charge in [0.15, 0.2) is 5.13 Å². The molecule has 1 aromatic heterocycles. The number of benzene rings is 1. The average Bonchev–Trinajstić information content (AvgIpc) is 3.06. The van der Waals surface area contributed by atoms with E-state index in [0.717, 1.165) is 4.88 Å². The highest BCUT2D eigenvalue weighted by Crippen LogP contribution is 2.38. The van der Waals surface area contributed by atoms with Crippen LogP contribution in [0.4, 0.5) is 5.13 Å². The van der Waals surface area contributed by atoms with E-state index >= 15 is 0 Å². The summed E-state index contributed by atoms with van der Waals surface area (Å²) in [7, 11) is 0. The topological polar surface area (TPSA) is 102 Å². The van der Waals surface area contributed by atoms with Crippen molar-refractivity contribution in [3.8, 4) is 10.4 Å². The van der Waals surface area contributed by atoms with Crippen LogP contribution in [0.15, 0.2) is 17.0 Å². The fourth-order valence-corrected chi connectivity index (χ4v) is 4.60. The molecule has 1 N–H and O–H groups in total. The Kier molecular flexibility index (Phi) is 4.96. The van der Waals surface area contributed by atoms with Crippen LogP contribution in [-0.4, -0.2) is 36.5 Å². The Morgan fingerprint density at radius 3 is 2.69 bits per heavy atom. The number of carbonyl (C=O) groups is 2. The van der Waals surface area contributed by atoms with Gasteiger partial charge < -0.3 is 14.8 Å². The van der Waals surface area contributed by atoms with Crippen molar-refractivity contribution in [2.75, 3.05) is 5.32 Å². The van der Waals surface area contributed by atoms with Crippen LogP contribution in [0.1, 0.15) is 42.4 Å². The fraction of sp³-hybridized carbons (Fsp3) is 0.353. The molecule has 138 valence electrons. The molecule has 1 aliphatic heterocycles. The van der Waals surface area contributed by atoms with Crippen molar-refractivity contribution in [3.63, 3.8) is 0 Å². The van der Waals surface area contributed by atoms with Crippen LogP contribution < -0.4 is 5.32 Å². The number of nitrogens with one attached hydrogen (secondary N) is 1. The van der Waals surface area contributed by atoms with Crippen molar-refractivity contribution in [1.82, 2.24) is 9.88 Å². The smallest absolute Gasteiger partial charge is 0.255 e. The molecule has 0 aliphatic carbocycles. The molecule has 0 saturated carbocycles. The van der Waals surface area contributed by atoms with Gasteiger partial charge in [0.25, 0.3) is 5.91 Å². The lowest BCUT2D eigenvalue weighted by Crippen LogP contribution is -2.31. The Morgan fingerprint density at radius 2 is 2.12 bits per heavy atom. The molecular formula is C17H18N3O4S2-. The predicted molar refractivity (Wildman–Crippen MR) is 98.8 cm³/mol. The summed E-state index contributed by atoms with van der Waals surface area (Å²) in [6.07, 6.45) is 0. The Labute approximate surface area is 157 Å². The largest absolute Gasteiger partial charge is 0.768 e. The number of thiazole rings is 1. The zero-order valence-electron chi connectivity index (χ0n) is 14.8. The van der Waals surface area contributed by atoms with Gasteiger partial charge in [-0.1, -0.05) is 11.3 Å². The molecule has 1 aliphatic rings. The van der Waals surface area contributed by atoms with Gasteiger partial charge in [-0.25, -0.2) is 4.98 Å². The first-order valence-corrected chi connectivity index (χ1v) is 9.90. The molecular weight excluding hydrogens is 374 g/mol. The molecule has 0 radical (unpaired) electrons. The predicted octanol–water partition coefficient (Wildman–Crippen LogP) is 2.68. The summed E-state index contributed by atoms with van der Waals surface area (Å²) >= 11 is -1.26. The number of hydrogen-bond donors (Lipinski definition) is 1. The highest BCUT2D eigenvalue weighted by atomic mass is 32.2. The minimum absolute atomic E-state index is 0.000438. The van der Waals surface area contributed by atoms with Gasteiger partial charge in [-0.05, 0) is 55.1 Å². The van der Waals surface area contributed by atoms with Crippen LogP contribution in [-0.2, 0) is 22.4 Å². The van der Waals surface area contributed by atoms with Crippen molar-refractivity contribution in [2.45, 2.75) is 45.2 Å². The van der Waals surface area contributed by atoms with E-state index in [-0.39, 0.29) is 28.3 Å². The maximum atomic E-state index is 12.6. The number of carbonyl (C=O) groups excluding carboxylic acids is 2. The highest BCUT2D eigenvalue weighted by Gasteiger charge is 2.32. The average molecular weight is 392 g/mol. The van der Waals surface area contributed by atoms with E-state index in [0.29, 0.717) is 28.5 Å². The third-order valence-corrected chi connectivity index (χ3v) is 5.95. The number of aromatic nitrogens is 1. The second-order valence-corrected chi connectivity index (χ2v) is 8.29. The number of hydrogen-bond acceptors (Lipinski definition) is 6. The molecule has 0 spiro atoms. The van der Waals surface area contributed by atoms with Crippen LogP contribution >= 0.6 is 11.3 Å². The zero-order chi connectivity index (χ0) is 19.2. The maximum absolute atomic E-state index is 12.6. The molecule has 1 atom stereocenters. The van der Waals surface area contributed by atoms with Gasteiger partial charge >= 0.3 is 0 Å². The monoisotopic (exact) mass is 392 g/mol. The molecule has 0 bridgehead atoms. The zero-order valence-corrected chi connectivity index (χ0v) is 16.4. The highest BCUT2D eigenvalue weighted by molar-refractivity contribution is 7.79. The molecule has 1 unspecified atom stereocenters. The van der Waals surface area contributed by atoms with Crippen molar-refractivity contribution in [2.24, 2.45) is 0 Å². The van der Waals surface area contributed by atoms with E-state index in [4.69, 9.17) is 0 Å². The number of amides is 2. The van der Waals surface area contributed by atoms with Crippen molar-refractivity contribution >= 4 is 39.4 Å². The summed E-state index contributed by atoms with van der Waals surface area (Å²) in [6.45, 7) is 7.36. The van der Waals surface area contributed by atoms with Crippen molar-refractivity contribution in [3.05, 3.63) is 29.0 Å². The summed E-state index contributed by atoms with van der Waals surface area (Å²) < 4.78 is 23.5. The van der Waals surface area contributed by atoms with Crippen molar-refractivity contribution in [1.29, 1.82) is 0 Å². The number of anilines is 1. The molecule has 2 aromatic rings. The molecule has 1 aromatic carbocycles. The lowest BCUT2D eigenvalue weighted by Gasteiger charge is -2.20.